The molecule has 1 aliphatic rings. The number of fused-ring (bicyclic) bond motifs is 2. The predicted octanol–water partition coefficient (Wildman–Crippen LogP) is 4.44. The maximum absolute atomic E-state index is 13.2. The maximum atomic E-state index is 13.2. The van der Waals surface area contributed by atoms with E-state index in [4.69, 9.17) is 4.98 Å². The van der Waals surface area contributed by atoms with Gasteiger partial charge in [-0.15, -0.1) is 4.47 Å². The largest absolute Gasteiger partial charge is 0.272 e. The Labute approximate surface area is 164 Å². The van der Waals surface area contributed by atoms with Crippen molar-refractivity contribution in [2.24, 2.45) is 4.47 Å². The average molecular weight is 384 g/mol. The van der Waals surface area contributed by atoms with Crippen molar-refractivity contribution in [1.82, 2.24) is 9.55 Å². The fraction of sp³-hybridized carbons (Fsp3) is 0. The number of para-hydroxylation sites is 2. The lowest BCUT2D eigenvalue weighted by Crippen LogP contribution is -2.22. The molecule has 0 radical (unpaired) electrons. The zero-order valence-corrected chi connectivity index (χ0v) is 15.6. The zero-order chi connectivity index (χ0) is 18.9. The first kappa shape index (κ1) is 16.6. The van der Waals surface area contributed by atoms with Crippen LogP contribution in [-0.2, 0) is 10.7 Å². The SMILES string of the molecule is O=c1c2ccccc2nc2n1C(c1ccccc1)=CS2=NNc1ccccc1. The van der Waals surface area contributed by atoms with Gasteiger partial charge in [-0.3, -0.25) is 14.8 Å². The lowest BCUT2D eigenvalue weighted by Gasteiger charge is -2.10. The van der Waals surface area contributed by atoms with Gasteiger partial charge in [0.1, 0.15) is 0 Å². The van der Waals surface area contributed by atoms with E-state index < -0.39 is 10.7 Å². The molecule has 1 atom stereocenters. The van der Waals surface area contributed by atoms with Gasteiger partial charge in [0.2, 0.25) is 0 Å². The molecule has 136 valence electrons. The predicted molar refractivity (Wildman–Crippen MR) is 114 cm³/mol. The summed E-state index contributed by atoms with van der Waals surface area (Å²) in [7, 11) is -0.696. The number of nitrogens with zero attached hydrogens (tertiary/aromatic N) is 3. The number of rotatable bonds is 3. The maximum Gasteiger partial charge on any atom is 0.266 e. The van der Waals surface area contributed by atoms with Crippen molar-refractivity contribution in [2.75, 3.05) is 5.43 Å². The molecular formula is C22H16N4OS. The summed E-state index contributed by atoms with van der Waals surface area (Å²) in [6.07, 6.45) is 0. The Morgan fingerprint density at radius 2 is 1.54 bits per heavy atom. The minimum Gasteiger partial charge on any atom is -0.272 e. The molecular weight excluding hydrogens is 368 g/mol. The number of hydrogen-bond donors (Lipinski definition) is 1. The molecule has 2 heterocycles. The molecule has 3 aromatic carbocycles. The van der Waals surface area contributed by atoms with Crippen molar-refractivity contribution >= 4 is 33.0 Å². The van der Waals surface area contributed by atoms with Gasteiger partial charge in [-0.2, -0.15) is 0 Å². The van der Waals surface area contributed by atoms with Crippen molar-refractivity contribution < 1.29 is 0 Å². The molecule has 0 fully saturated rings. The molecule has 1 unspecified atom stereocenters. The Bertz CT molecular complexity index is 1290. The summed E-state index contributed by atoms with van der Waals surface area (Å²) in [6, 6.07) is 27.1. The van der Waals surface area contributed by atoms with Crippen molar-refractivity contribution in [3.63, 3.8) is 0 Å². The number of aromatic nitrogens is 2. The summed E-state index contributed by atoms with van der Waals surface area (Å²) in [6.45, 7) is 0. The van der Waals surface area contributed by atoms with Gasteiger partial charge in [-0.1, -0.05) is 60.7 Å². The topological polar surface area (TPSA) is 59.3 Å². The van der Waals surface area contributed by atoms with E-state index in [9.17, 15) is 4.79 Å². The summed E-state index contributed by atoms with van der Waals surface area (Å²) in [5.74, 6) is 0. The van der Waals surface area contributed by atoms with Gasteiger partial charge in [0.15, 0.2) is 5.16 Å². The highest BCUT2D eigenvalue weighted by atomic mass is 32.2. The fourth-order valence-corrected chi connectivity index (χ4v) is 4.62. The van der Waals surface area contributed by atoms with Crippen LogP contribution in [0.3, 0.4) is 0 Å². The van der Waals surface area contributed by atoms with Gasteiger partial charge in [0.05, 0.1) is 22.3 Å². The Hall–Kier alpha value is -3.51. The average Bonchev–Trinajstić information content (AvgIpc) is 3.13. The molecule has 1 aliphatic heterocycles. The van der Waals surface area contributed by atoms with E-state index >= 15 is 0 Å². The first-order chi connectivity index (χ1) is 13.8. The molecule has 28 heavy (non-hydrogen) atoms. The lowest BCUT2D eigenvalue weighted by atomic mass is 10.1. The Morgan fingerprint density at radius 3 is 2.32 bits per heavy atom. The minimum atomic E-state index is -0.696. The summed E-state index contributed by atoms with van der Waals surface area (Å²) in [5, 5.41) is 3.26. The van der Waals surface area contributed by atoms with Crippen LogP contribution in [0.15, 0.2) is 105 Å². The van der Waals surface area contributed by atoms with E-state index in [0.717, 1.165) is 16.9 Å². The third-order valence-corrected chi connectivity index (χ3v) is 5.90. The van der Waals surface area contributed by atoms with Crippen molar-refractivity contribution in [1.29, 1.82) is 0 Å². The molecule has 4 aromatic rings. The quantitative estimate of drug-likeness (QED) is 0.419. The molecule has 0 aliphatic carbocycles. The number of nitrogens with one attached hydrogen (secondary N) is 1. The van der Waals surface area contributed by atoms with Crippen LogP contribution < -0.4 is 11.0 Å². The molecule has 0 saturated carbocycles. The van der Waals surface area contributed by atoms with E-state index in [1.807, 2.05) is 90.3 Å². The first-order valence-corrected chi connectivity index (χ1v) is 10.1. The molecule has 6 heteroatoms. The second-order valence-corrected chi connectivity index (χ2v) is 7.72. The van der Waals surface area contributed by atoms with Crippen LogP contribution in [0.2, 0.25) is 0 Å². The summed E-state index contributed by atoms with van der Waals surface area (Å²) < 4.78 is 6.33. The summed E-state index contributed by atoms with van der Waals surface area (Å²) in [4.78, 5) is 18.0. The number of hydrogen-bond acceptors (Lipinski definition) is 3. The normalized spacial score (nSPS) is 15.4. The van der Waals surface area contributed by atoms with E-state index in [-0.39, 0.29) is 5.56 Å². The highest BCUT2D eigenvalue weighted by Gasteiger charge is 2.24. The molecule has 0 spiro atoms. The highest BCUT2D eigenvalue weighted by molar-refractivity contribution is 7.90. The lowest BCUT2D eigenvalue weighted by molar-refractivity contribution is 0.848. The highest BCUT2D eigenvalue weighted by Crippen LogP contribution is 2.28. The Morgan fingerprint density at radius 1 is 0.857 bits per heavy atom. The molecule has 5 rings (SSSR count). The third-order valence-electron chi connectivity index (χ3n) is 4.51. The van der Waals surface area contributed by atoms with Crippen LogP contribution in [0.4, 0.5) is 5.69 Å². The monoisotopic (exact) mass is 384 g/mol. The molecule has 0 saturated heterocycles. The van der Waals surface area contributed by atoms with Crippen molar-refractivity contribution in [3.05, 3.63) is 106 Å². The molecule has 0 amide bonds. The van der Waals surface area contributed by atoms with Crippen molar-refractivity contribution in [3.8, 4) is 0 Å². The van der Waals surface area contributed by atoms with Gasteiger partial charge >= 0.3 is 0 Å². The number of benzene rings is 3. The van der Waals surface area contributed by atoms with Gasteiger partial charge in [-0.25, -0.2) is 4.98 Å². The van der Waals surface area contributed by atoms with E-state index in [2.05, 4.69) is 9.90 Å². The summed E-state index contributed by atoms with van der Waals surface area (Å²) in [5.41, 5.74) is 6.40. The Balaban J connectivity index is 1.72. The number of anilines is 1. The standard InChI is InChI=1S/C22H16N4OS/c27-21-18-13-7-8-14-19(18)23-22-26(21)20(16-9-3-1-4-10-16)15-28(22)25-24-17-11-5-2-6-12-17/h1-15,24H. The second-order valence-electron chi connectivity index (χ2n) is 6.30. The van der Waals surface area contributed by atoms with Gasteiger partial charge < -0.3 is 0 Å². The minimum absolute atomic E-state index is 0.0689. The van der Waals surface area contributed by atoms with E-state index in [1.54, 1.807) is 4.57 Å². The first-order valence-electron chi connectivity index (χ1n) is 8.86. The van der Waals surface area contributed by atoms with Crippen LogP contribution in [0, 0.1) is 0 Å². The molecule has 1 aromatic heterocycles. The van der Waals surface area contributed by atoms with Crippen LogP contribution in [-0.4, -0.2) is 9.55 Å². The van der Waals surface area contributed by atoms with E-state index in [0.29, 0.717) is 16.1 Å². The van der Waals surface area contributed by atoms with Crippen LogP contribution in [0.25, 0.3) is 16.6 Å². The van der Waals surface area contributed by atoms with Crippen LogP contribution in [0.5, 0.6) is 0 Å². The molecule has 1 N–H and O–H groups in total. The van der Waals surface area contributed by atoms with Crippen molar-refractivity contribution in [2.45, 2.75) is 5.16 Å². The smallest absolute Gasteiger partial charge is 0.266 e. The second kappa shape index (κ2) is 6.90. The van der Waals surface area contributed by atoms with Crippen LogP contribution >= 0.6 is 0 Å². The Kier molecular flexibility index (Phi) is 4.10. The van der Waals surface area contributed by atoms with E-state index in [1.165, 1.54) is 0 Å². The zero-order valence-electron chi connectivity index (χ0n) is 14.8. The molecule has 0 bridgehead atoms. The van der Waals surface area contributed by atoms with Crippen LogP contribution in [0.1, 0.15) is 5.56 Å². The fourth-order valence-electron chi connectivity index (χ4n) is 3.16. The van der Waals surface area contributed by atoms with Gasteiger partial charge in [0, 0.05) is 16.1 Å². The summed E-state index contributed by atoms with van der Waals surface area (Å²) >= 11 is 0. The van der Waals surface area contributed by atoms with Gasteiger partial charge in [-0.05, 0) is 29.8 Å². The molecule has 5 nitrogen and oxygen atoms in total. The van der Waals surface area contributed by atoms with Gasteiger partial charge in [0.25, 0.3) is 5.56 Å². The third kappa shape index (κ3) is 2.84.